The standard InChI is InChI=1S/C29H56/c1-6-8-10-12-14-16-18-20-22-24-26-28(29(3,4)5)27-25-23-21-19-17-15-13-11-9-7-2/h3-27H2,1-2H3. The first-order chi connectivity index (χ1) is 14.0. The lowest BCUT2D eigenvalue weighted by Crippen LogP contribution is -2.19. The fraction of sp³-hybridized carbons (Fsp3) is 0.862. The maximum atomic E-state index is 4.24. The van der Waals surface area contributed by atoms with Gasteiger partial charge in [-0.3, -0.25) is 0 Å². The zero-order chi connectivity index (χ0) is 21.6. The smallest absolute Gasteiger partial charge is 0.0179 e. The minimum Gasteiger partial charge on any atom is -0.0654 e. The summed E-state index contributed by atoms with van der Waals surface area (Å²) in [6.45, 7) is 17.3. The lowest BCUT2D eigenvalue weighted by molar-refractivity contribution is 0.468. The van der Waals surface area contributed by atoms with Crippen LogP contribution in [0.3, 0.4) is 0 Å². The Bertz CT molecular complexity index is 274. The zero-order valence-corrected chi connectivity index (χ0v) is 20.7. The maximum absolute atomic E-state index is 4.24. The molecule has 0 spiro atoms. The fourth-order valence-electron chi connectivity index (χ4n) is 4.31. The molecule has 0 rings (SSSR count). The van der Waals surface area contributed by atoms with Crippen LogP contribution in [-0.2, 0) is 0 Å². The van der Waals surface area contributed by atoms with Crippen LogP contribution in [0, 0.1) is 32.1 Å². The molecule has 0 heterocycles. The molecule has 29 heavy (non-hydrogen) atoms. The van der Waals surface area contributed by atoms with Gasteiger partial charge in [0.05, 0.1) is 0 Å². The van der Waals surface area contributed by atoms with E-state index in [-0.39, 0.29) is 5.41 Å². The first kappa shape index (κ1) is 29.0. The van der Waals surface area contributed by atoms with Crippen molar-refractivity contribution in [1.29, 1.82) is 0 Å². The Balaban J connectivity index is 3.61. The molecule has 0 aromatic rings. The normalized spacial score (nSPS) is 12.2. The van der Waals surface area contributed by atoms with E-state index < -0.39 is 0 Å². The van der Waals surface area contributed by atoms with Crippen molar-refractivity contribution in [2.45, 2.75) is 155 Å². The molecule has 4 radical (unpaired) electrons. The van der Waals surface area contributed by atoms with Crippen LogP contribution in [0.4, 0.5) is 0 Å². The molecule has 0 saturated heterocycles. The summed E-state index contributed by atoms with van der Waals surface area (Å²) in [5.74, 6) is 1.51. The predicted octanol–water partition coefficient (Wildman–Crippen LogP) is 10.7. The average molecular weight is 405 g/mol. The summed E-state index contributed by atoms with van der Waals surface area (Å²) in [6, 6.07) is 0. The van der Waals surface area contributed by atoms with E-state index in [2.05, 4.69) is 34.6 Å². The molecule has 172 valence electrons. The molecule has 0 saturated carbocycles. The minimum atomic E-state index is -0.335. The first-order valence-electron chi connectivity index (χ1n) is 13.4. The molecule has 0 N–H and O–H groups in total. The molecule has 0 fully saturated rings. The van der Waals surface area contributed by atoms with Crippen LogP contribution in [-0.4, -0.2) is 0 Å². The van der Waals surface area contributed by atoms with Crippen molar-refractivity contribution in [3.8, 4) is 0 Å². The zero-order valence-electron chi connectivity index (χ0n) is 20.7. The number of unbranched alkanes of at least 4 members (excludes halogenated alkanes) is 18. The van der Waals surface area contributed by atoms with Crippen molar-refractivity contribution in [2.75, 3.05) is 0 Å². The summed E-state index contributed by atoms with van der Waals surface area (Å²) < 4.78 is 0. The highest BCUT2D eigenvalue weighted by molar-refractivity contribution is 5.12. The molecule has 0 aromatic carbocycles. The van der Waals surface area contributed by atoms with Crippen molar-refractivity contribution in [2.24, 2.45) is 5.41 Å². The van der Waals surface area contributed by atoms with Crippen LogP contribution < -0.4 is 0 Å². The van der Waals surface area contributed by atoms with Gasteiger partial charge in [-0.1, -0.05) is 142 Å². The van der Waals surface area contributed by atoms with Crippen molar-refractivity contribution in [1.82, 2.24) is 0 Å². The lowest BCUT2D eigenvalue weighted by Gasteiger charge is -2.30. The van der Waals surface area contributed by atoms with E-state index >= 15 is 0 Å². The van der Waals surface area contributed by atoms with Crippen LogP contribution in [0.25, 0.3) is 0 Å². The molecule has 0 aromatic heterocycles. The highest BCUT2D eigenvalue weighted by atomic mass is 14.3. The van der Waals surface area contributed by atoms with E-state index in [0.717, 1.165) is 0 Å². The third kappa shape index (κ3) is 21.0. The van der Waals surface area contributed by atoms with Gasteiger partial charge in [0.25, 0.3) is 0 Å². The Morgan fingerprint density at radius 3 is 0.897 bits per heavy atom. The molecule has 0 amide bonds. The molecule has 0 aliphatic heterocycles. The van der Waals surface area contributed by atoms with Crippen molar-refractivity contribution < 1.29 is 0 Å². The van der Waals surface area contributed by atoms with Gasteiger partial charge in [0.15, 0.2) is 0 Å². The molecule has 0 bridgehead atoms. The summed E-state index contributed by atoms with van der Waals surface area (Å²) in [7, 11) is 0. The second-order valence-corrected chi connectivity index (χ2v) is 9.75. The second kappa shape index (κ2) is 21.2. The summed E-state index contributed by atoms with van der Waals surface area (Å²) in [5, 5.41) is 0. The van der Waals surface area contributed by atoms with E-state index in [4.69, 9.17) is 0 Å². The number of hydrogen-bond acceptors (Lipinski definition) is 0. The van der Waals surface area contributed by atoms with E-state index in [1.165, 1.54) is 147 Å². The summed E-state index contributed by atoms with van der Waals surface area (Å²) in [4.78, 5) is 0. The van der Waals surface area contributed by atoms with Crippen LogP contribution in [0.2, 0.25) is 0 Å². The maximum Gasteiger partial charge on any atom is -0.0179 e. The van der Waals surface area contributed by atoms with Gasteiger partial charge in [0.2, 0.25) is 0 Å². The van der Waals surface area contributed by atoms with Crippen molar-refractivity contribution >= 4 is 0 Å². The van der Waals surface area contributed by atoms with Gasteiger partial charge in [-0.05, 0) is 44.9 Å². The Morgan fingerprint density at radius 2 is 0.655 bits per heavy atom. The Hall–Kier alpha value is 0. The fourth-order valence-corrected chi connectivity index (χ4v) is 4.31. The Morgan fingerprint density at radius 1 is 0.414 bits per heavy atom. The third-order valence-electron chi connectivity index (χ3n) is 6.41. The molecule has 0 heteroatoms. The van der Waals surface area contributed by atoms with E-state index in [1.54, 1.807) is 0 Å². The van der Waals surface area contributed by atoms with Gasteiger partial charge in [0, 0.05) is 0 Å². The lowest BCUT2D eigenvalue weighted by atomic mass is 9.75. The third-order valence-corrected chi connectivity index (χ3v) is 6.41. The van der Waals surface area contributed by atoms with E-state index in [9.17, 15) is 0 Å². The van der Waals surface area contributed by atoms with Crippen LogP contribution >= 0.6 is 0 Å². The van der Waals surface area contributed by atoms with Gasteiger partial charge in [-0.25, -0.2) is 0 Å². The quantitative estimate of drug-likeness (QED) is 0.148. The topological polar surface area (TPSA) is 0 Å². The summed E-state index contributed by atoms with van der Waals surface area (Å²) in [6.07, 6.45) is 30.4. The highest BCUT2D eigenvalue weighted by Gasteiger charge is 2.24. The van der Waals surface area contributed by atoms with Crippen molar-refractivity contribution in [3.63, 3.8) is 0 Å². The molecular formula is C29H56. The summed E-state index contributed by atoms with van der Waals surface area (Å²) in [5.41, 5.74) is -0.335. The highest BCUT2D eigenvalue weighted by Crippen LogP contribution is 2.35. The van der Waals surface area contributed by atoms with E-state index in [1.807, 2.05) is 0 Å². The predicted molar refractivity (Wildman–Crippen MR) is 135 cm³/mol. The number of hydrogen-bond donors (Lipinski definition) is 0. The van der Waals surface area contributed by atoms with Crippen LogP contribution in [0.5, 0.6) is 0 Å². The van der Waals surface area contributed by atoms with Crippen molar-refractivity contribution in [3.05, 3.63) is 26.7 Å². The molecule has 0 aliphatic rings. The van der Waals surface area contributed by atoms with Crippen LogP contribution in [0.1, 0.15) is 155 Å². The Labute approximate surface area is 187 Å². The van der Waals surface area contributed by atoms with Gasteiger partial charge >= 0.3 is 0 Å². The van der Waals surface area contributed by atoms with E-state index in [0.29, 0.717) is 0 Å². The Kier molecular flexibility index (Phi) is 21.2. The van der Waals surface area contributed by atoms with Gasteiger partial charge in [-0.2, -0.15) is 0 Å². The molecule has 0 aliphatic carbocycles. The SMILES string of the molecule is [CH2]C([CH2])([CH2])[C](CCCCCCCCCCCC)CCCCCCCCCCCC. The molecule has 0 unspecified atom stereocenters. The molecule has 0 atom stereocenters. The first-order valence-corrected chi connectivity index (χ1v) is 13.4. The minimum absolute atomic E-state index is 0.335. The van der Waals surface area contributed by atoms with Gasteiger partial charge < -0.3 is 0 Å². The van der Waals surface area contributed by atoms with Gasteiger partial charge in [-0.15, -0.1) is 0 Å². The monoisotopic (exact) mass is 404 g/mol. The second-order valence-electron chi connectivity index (χ2n) is 9.75. The average Bonchev–Trinajstić information content (AvgIpc) is 2.68. The molecule has 0 nitrogen and oxygen atoms in total. The molecular weight excluding hydrogens is 348 g/mol. The largest absolute Gasteiger partial charge is 0.0654 e. The van der Waals surface area contributed by atoms with Crippen LogP contribution in [0.15, 0.2) is 0 Å². The van der Waals surface area contributed by atoms with Gasteiger partial charge in [0.1, 0.15) is 0 Å². The summed E-state index contributed by atoms with van der Waals surface area (Å²) >= 11 is 0. The number of rotatable bonds is 23.